The Morgan fingerprint density at radius 1 is 1.30 bits per heavy atom. The zero-order valence-electron chi connectivity index (χ0n) is 15.2. The van der Waals surface area contributed by atoms with E-state index in [2.05, 4.69) is 30.5 Å². The van der Waals surface area contributed by atoms with Gasteiger partial charge in [-0.15, -0.1) is 0 Å². The number of aryl methyl sites for hydroxylation is 1. The monoisotopic (exact) mass is 383 g/mol. The van der Waals surface area contributed by atoms with Gasteiger partial charge in [0.1, 0.15) is 5.75 Å². The van der Waals surface area contributed by atoms with Gasteiger partial charge in [0.2, 0.25) is 5.89 Å². The van der Waals surface area contributed by atoms with E-state index in [0.29, 0.717) is 42.7 Å². The van der Waals surface area contributed by atoms with Crippen LogP contribution in [0.1, 0.15) is 30.3 Å². The molecule has 0 fully saturated rings. The van der Waals surface area contributed by atoms with Crippen molar-refractivity contribution >= 4 is 5.96 Å². The maximum Gasteiger partial charge on any atom is 0.387 e. The predicted octanol–water partition coefficient (Wildman–Crippen LogP) is 1.81. The van der Waals surface area contributed by atoms with Crippen LogP contribution in [0.15, 0.2) is 33.8 Å². The Bertz CT molecular complexity index is 722. The lowest BCUT2D eigenvalue weighted by Crippen LogP contribution is -2.38. The Kier molecular flexibility index (Phi) is 7.93. The van der Waals surface area contributed by atoms with Crippen LogP contribution >= 0.6 is 0 Å². The van der Waals surface area contributed by atoms with E-state index < -0.39 is 12.7 Å². The zero-order chi connectivity index (χ0) is 19.6. The van der Waals surface area contributed by atoms with E-state index in [0.717, 1.165) is 0 Å². The number of aliphatic hydroxyl groups excluding tert-OH is 1. The number of aromatic nitrogens is 2. The van der Waals surface area contributed by atoms with E-state index in [1.807, 2.05) is 6.92 Å². The summed E-state index contributed by atoms with van der Waals surface area (Å²) in [5, 5.41) is 20.1. The third-order valence-electron chi connectivity index (χ3n) is 3.46. The van der Waals surface area contributed by atoms with Crippen LogP contribution < -0.4 is 15.4 Å². The lowest BCUT2D eigenvalue weighted by Gasteiger charge is -2.13. The van der Waals surface area contributed by atoms with Crippen molar-refractivity contribution in [2.75, 3.05) is 19.6 Å². The number of aliphatic hydroxyl groups is 1. The van der Waals surface area contributed by atoms with E-state index in [1.165, 1.54) is 24.3 Å². The number of alkyl halides is 2. The first kappa shape index (κ1) is 20.6. The summed E-state index contributed by atoms with van der Waals surface area (Å²) in [6.07, 6.45) is -0.334. The summed E-state index contributed by atoms with van der Waals surface area (Å²) in [5.41, 5.74) is 0.553. The summed E-state index contributed by atoms with van der Waals surface area (Å²) in [6.45, 7) is 2.08. The summed E-state index contributed by atoms with van der Waals surface area (Å²) < 4.78 is 33.6. The molecule has 0 aliphatic rings. The Morgan fingerprint density at radius 3 is 2.63 bits per heavy atom. The predicted molar refractivity (Wildman–Crippen MR) is 94.8 cm³/mol. The van der Waals surface area contributed by atoms with Gasteiger partial charge in [-0.05, 0) is 31.5 Å². The van der Waals surface area contributed by atoms with Gasteiger partial charge in [-0.2, -0.15) is 13.8 Å². The van der Waals surface area contributed by atoms with Gasteiger partial charge in [-0.1, -0.05) is 17.3 Å². The summed E-state index contributed by atoms with van der Waals surface area (Å²) >= 11 is 0. The minimum absolute atomic E-state index is 0.0377. The smallest absolute Gasteiger partial charge is 0.387 e. The number of benzene rings is 1. The third kappa shape index (κ3) is 7.18. The molecule has 0 spiro atoms. The maximum atomic E-state index is 12.2. The highest BCUT2D eigenvalue weighted by Crippen LogP contribution is 2.19. The van der Waals surface area contributed by atoms with Crippen molar-refractivity contribution < 1.29 is 23.1 Å². The van der Waals surface area contributed by atoms with Gasteiger partial charge in [0, 0.05) is 19.5 Å². The third-order valence-corrected chi connectivity index (χ3v) is 3.46. The fourth-order valence-corrected chi connectivity index (χ4v) is 2.23. The van der Waals surface area contributed by atoms with Crippen LogP contribution in [0.2, 0.25) is 0 Å². The lowest BCUT2D eigenvalue weighted by molar-refractivity contribution is -0.0498. The Labute approximate surface area is 155 Å². The number of guanidine groups is 1. The van der Waals surface area contributed by atoms with E-state index in [1.54, 1.807) is 6.92 Å². The van der Waals surface area contributed by atoms with Crippen molar-refractivity contribution in [3.63, 3.8) is 0 Å². The van der Waals surface area contributed by atoms with Crippen LogP contribution in [0.5, 0.6) is 5.75 Å². The molecule has 1 atom stereocenters. The normalized spacial score (nSPS) is 12.9. The van der Waals surface area contributed by atoms with Crippen LogP contribution in [0, 0.1) is 6.92 Å². The molecule has 10 heteroatoms. The second-order valence-electron chi connectivity index (χ2n) is 5.60. The number of nitrogens with one attached hydrogen (secondary N) is 2. The van der Waals surface area contributed by atoms with Crippen molar-refractivity contribution in [3.8, 4) is 5.75 Å². The first-order valence-corrected chi connectivity index (χ1v) is 8.52. The van der Waals surface area contributed by atoms with Crippen LogP contribution in [0.4, 0.5) is 8.78 Å². The standard InChI is InChI=1S/C17H23F2N5O3/c1-3-20-17(21-9-8-15-23-11(2)24-27-15)22-10-14(25)12-4-6-13(7-5-12)26-16(18)19/h4-7,14,16,25H,3,8-10H2,1-2H3,(H2,20,21,22). The van der Waals surface area contributed by atoms with Gasteiger partial charge in [0.15, 0.2) is 11.8 Å². The highest BCUT2D eigenvalue weighted by Gasteiger charge is 2.10. The summed E-state index contributed by atoms with van der Waals surface area (Å²) in [6, 6.07) is 5.81. The quantitative estimate of drug-likeness (QED) is 0.448. The maximum absolute atomic E-state index is 12.2. The molecule has 148 valence electrons. The Morgan fingerprint density at radius 2 is 2.04 bits per heavy atom. The molecule has 0 aliphatic heterocycles. The summed E-state index contributed by atoms with van der Waals surface area (Å²) in [4.78, 5) is 8.44. The molecule has 0 aliphatic carbocycles. The molecule has 1 aromatic heterocycles. The minimum Gasteiger partial charge on any atom is -0.435 e. The van der Waals surface area contributed by atoms with E-state index in [4.69, 9.17) is 4.52 Å². The molecule has 3 N–H and O–H groups in total. The van der Waals surface area contributed by atoms with Gasteiger partial charge in [-0.25, -0.2) is 0 Å². The second-order valence-corrected chi connectivity index (χ2v) is 5.60. The van der Waals surface area contributed by atoms with Crippen molar-refractivity contribution in [2.45, 2.75) is 33.0 Å². The number of hydrogen-bond donors (Lipinski definition) is 3. The molecule has 0 bridgehead atoms. The molecular weight excluding hydrogens is 360 g/mol. The van der Waals surface area contributed by atoms with Crippen molar-refractivity contribution in [2.24, 2.45) is 4.99 Å². The van der Waals surface area contributed by atoms with Gasteiger partial charge in [0.25, 0.3) is 0 Å². The first-order valence-electron chi connectivity index (χ1n) is 8.52. The van der Waals surface area contributed by atoms with Crippen LogP contribution in [0.3, 0.4) is 0 Å². The van der Waals surface area contributed by atoms with Crippen LogP contribution in [-0.4, -0.2) is 47.5 Å². The molecule has 2 rings (SSSR count). The number of halogens is 2. The molecule has 0 amide bonds. The van der Waals surface area contributed by atoms with Crippen molar-refractivity contribution in [1.82, 2.24) is 20.8 Å². The molecule has 0 saturated carbocycles. The molecular formula is C17H23F2N5O3. The average Bonchev–Trinajstić information content (AvgIpc) is 3.04. The fourth-order valence-electron chi connectivity index (χ4n) is 2.23. The lowest BCUT2D eigenvalue weighted by atomic mass is 10.1. The number of aliphatic imine (C=N–C) groups is 1. The Balaban J connectivity index is 1.86. The highest BCUT2D eigenvalue weighted by molar-refractivity contribution is 5.79. The molecule has 1 unspecified atom stereocenters. The van der Waals surface area contributed by atoms with E-state index in [-0.39, 0.29) is 12.3 Å². The van der Waals surface area contributed by atoms with Crippen LogP contribution in [-0.2, 0) is 6.42 Å². The highest BCUT2D eigenvalue weighted by atomic mass is 19.3. The number of rotatable bonds is 9. The summed E-state index contributed by atoms with van der Waals surface area (Å²) in [7, 11) is 0. The SMILES string of the molecule is CCNC(=NCC(O)c1ccc(OC(F)F)cc1)NCCc1nc(C)no1. The average molecular weight is 383 g/mol. The molecule has 0 saturated heterocycles. The number of hydrogen-bond acceptors (Lipinski definition) is 6. The van der Waals surface area contributed by atoms with E-state index >= 15 is 0 Å². The number of nitrogens with zero attached hydrogens (tertiary/aromatic N) is 3. The molecule has 0 radical (unpaired) electrons. The minimum atomic E-state index is -2.88. The summed E-state index contributed by atoms with van der Waals surface area (Å²) in [5.74, 6) is 1.68. The van der Waals surface area contributed by atoms with Crippen molar-refractivity contribution in [3.05, 3.63) is 41.5 Å². The topological polar surface area (TPSA) is 105 Å². The van der Waals surface area contributed by atoms with Gasteiger partial charge in [0.05, 0.1) is 12.6 Å². The molecule has 1 aromatic carbocycles. The second kappa shape index (κ2) is 10.4. The van der Waals surface area contributed by atoms with Crippen LogP contribution in [0.25, 0.3) is 0 Å². The van der Waals surface area contributed by atoms with Crippen molar-refractivity contribution in [1.29, 1.82) is 0 Å². The Hall–Kier alpha value is -2.75. The van der Waals surface area contributed by atoms with E-state index in [9.17, 15) is 13.9 Å². The van der Waals surface area contributed by atoms with Gasteiger partial charge < -0.3 is 25.0 Å². The zero-order valence-corrected chi connectivity index (χ0v) is 15.2. The largest absolute Gasteiger partial charge is 0.435 e. The fraction of sp³-hybridized carbons (Fsp3) is 0.471. The molecule has 8 nitrogen and oxygen atoms in total. The van der Waals surface area contributed by atoms with Gasteiger partial charge in [-0.3, -0.25) is 4.99 Å². The molecule has 2 aromatic rings. The molecule has 27 heavy (non-hydrogen) atoms. The van der Waals surface area contributed by atoms with Gasteiger partial charge >= 0.3 is 6.61 Å². The first-order chi connectivity index (χ1) is 13.0. The number of ether oxygens (including phenoxy) is 1. The molecule has 1 heterocycles.